The molecule has 0 amide bonds. The lowest BCUT2D eigenvalue weighted by Gasteiger charge is -2.40. The maximum Gasteiger partial charge on any atom is 0.145 e. The molecule has 11 rings (SSSR count). The van der Waals surface area contributed by atoms with Crippen LogP contribution in [0.5, 0.6) is 11.5 Å². The minimum Gasteiger partial charge on any atom is -0.456 e. The number of nitrogens with zero attached hydrogens (tertiary/aromatic N) is 3. The third kappa shape index (κ3) is 4.14. The molecule has 0 fully saturated rings. The fourth-order valence-electron chi connectivity index (χ4n) is 8.81. The molecule has 9 aromatic rings. The van der Waals surface area contributed by atoms with Crippen LogP contribution in [0.15, 0.2) is 176 Å². The van der Waals surface area contributed by atoms with Crippen LogP contribution >= 0.6 is 0 Å². The van der Waals surface area contributed by atoms with Crippen molar-refractivity contribution < 1.29 is 4.74 Å². The largest absolute Gasteiger partial charge is 0.456 e. The average molecular weight is 676 g/mol. The van der Waals surface area contributed by atoms with E-state index in [9.17, 15) is 5.26 Å². The number of fused-ring (bicyclic) bond motifs is 11. The Morgan fingerprint density at radius 3 is 1.98 bits per heavy atom. The third-order valence-electron chi connectivity index (χ3n) is 11.1. The molecule has 0 radical (unpaired) electrons. The molecular weight excluding hydrogens is 647 g/mol. The highest BCUT2D eigenvalue weighted by Crippen LogP contribution is 2.63. The lowest BCUT2D eigenvalue weighted by Crippen LogP contribution is -2.32. The molecule has 1 aromatic heterocycles. The van der Waals surface area contributed by atoms with E-state index in [2.05, 4.69) is 156 Å². The second-order valence-corrected chi connectivity index (χ2v) is 13.8. The summed E-state index contributed by atoms with van der Waals surface area (Å²) in [5, 5.41) is 11.9. The molecule has 2 heterocycles. The Bertz CT molecular complexity index is 2960. The molecule has 0 N–H and O–H groups in total. The Labute approximate surface area is 306 Å². The summed E-state index contributed by atoms with van der Waals surface area (Å²) in [5.74, 6) is 2.51. The molecule has 8 aromatic carbocycles. The summed E-state index contributed by atoms with van der Waals surface area (Å²) < 4.78 is 9.34. The van der Waals surface area contributed by atoms with Crippen LogP contribution in [-0.2, 0) is 5.41 Å². The smallest absolute Gasteiger partial charge is 0.145 e. The van der Waals surface area contributed by atoms with E-state index in [1.807, 2.05) is 30.3 Å². The molecule has 1 spiro atoms. The molecule has 4 heteroatoms. The second-order valence-electron chi connectivity index (χ2n) is 13.8. The maximum absolute atomic E-state index is 9.51. The minimum atomic E-state index is -0.658. The molecule has 2 aliphatic rings. The first-order valence-electron chi connectivity index (χ1n) is 17.9. The summed E-state index contributed by atoms with van der Waals surface area (Å²) in [6.07, 6.45) is 0. The van der Waals surface area contributed by atoms with Crippen molar-refractivity contribution in [3.05, 3.63) is 204 Å². The average Bonchev–Trinajstić information content (AvgIpc) is 3.75. The van der Waals surface area contributed by atoms with Gasteiger partial charge in [0.25, 0.3) is 0 Å². The van der Waals surface area contributed by atoms with Crippen LogP contribution in [0.3, 0.4) is 0 Å². The van der Waals surface area contributed by atoms with E-state index in [0.717, 1.165) is 61.9 Å². The Hall–Kier alpha value is -7.22. The molecule has 0 atom stereocenters. The Balaban J connectivity index is 1.20. The summed E-state index contributed by atoms with van der Waals surface area (Å²) in [6, 6.07) is 64.1. The van der Waals surface area contributed by atoms with Gasteiger partial charge in [-0.25, -0.2) is 4.98 Å². The van der Waals surface area contributed by atoms with Crippen LogP contribution in [-0.4, -0.2) is 9.55 Å². The molecule has 0 saturated carbocycles. The summed E-state index contributed by atoms with van der Waals surface area (Å²) in [4.78, 5) is 5.30. The van der Waals surface area contributed by atoms with E-state index in [-0.39, 0.29) is 0 Å². The molecule has 53 heavy (non-hydrogen) atoms. The summed E-state index contributed by atoms with van der Waals surface area (Å²) in [7, 11) is 0. The number of imidazole rings is 1. The van der Waals surface area contributed by atoms with Crippen LogP contribution < -0.4 is 4.74 Å². The molecule has 0 unspecified atom stereocenters. The van der Waals surface area contributed by atoms with E-state index in [4.69, 9.17) is 9.72 Å². The predicted octanol–water partition coefficient (Wildman–Crippen LogP) is 11.9. The predicted molar refractivity (Wildman–Crippen MR) is 212 cm³/mol. The van der Waals surface area contributed by atoms with Crippen LogP contribution in [0.4, 0.5) is 0 Å². The zero-order valence-corrected chi connectivity index (χ0v) is 28.5. The monoisotopic (exact) mass is 675 g/mol. The van der Waals surface area contributed by atoms with Crippen LogP contribution in [0.25, 0.3) is 61.1 Å². The van der Waals surface area contributed by atoms with Gasteiger partial charge in [-0.2, -0.15) is 5.26 Å². The van der Waals surface area contributed by atoms with Gasteiger partial charge in [-0.1, -0.05) is 121 Å². The topological polar surface area (TPSA) is 50.8 Å². The fourth-order valence-corrected chi connectivity index (χ4v) is 8.81. The molecule has 4 nitrogen and oxygen atoms in total. The molecule has 0 bridgehead atoms. The molecule has 0 saturated heterocycles. The summed E-state index contributed by atoms with van der Waals surface area (Å²) in [5.41, 5.74) is 13.1. The number of rotatable bonds is 3. The van der Waals surface area contributed by atoms with Gasteiger partial charge in [0.05, 0.1) is 28.1 Å². The van der Waals surface area contributed by atoms with Crippen molar-refractivity contribution in [2.24, 2.45) is 0 Å². The van der Waals surface area contributed by atoms with Gasteiger partial charge in [-0.3, -0.25) is 4.57 Å². The van der Waals surface area contributed by atoms with Gasteiger partial charge in [-0.15, -0.1) is 0 Å². The van der Waals surface area contributed by atoms with E-state index >= 15 is 0 Å². The van der Waals surface area contributed by atoms with Crippen molar-refractivity contribution in [1.29, 1.82) is 5.26 Å². The van der Waals surface area contributed by atoms with Gasteiger partial charge in [0, 0.05) is 27.9 Å². The zero-order valence-electron chi connectivity index (χ0n) is 28.5. The third-order valence-corrected chi connectivity index (χ3v) is 11.1. The molecular formula is C49H29N3O. The lowest BCUT2D eigenvalue weighted by atomic mass is 9.65. The van der Waals surface area contributed by atoms with Gasteiger partial charge in [0.2, 0.25) is 0 Å². The van der Waals surface area contributed by atoms with Gasteiger partial charge in [-0.05, 0) is 93.2 Å². The second kappa shape index (κ2) is 11.1. The van der Waals surface area contributed by atoms with Gasteiger partial charge in [0.15, 0.2) is 0 Å². The SMILES string of the molecule is N#Cc1ccc(-c2cccc3c2Oc2ccc(-c4nc5ccccc5n4-c4ccc5ccccc5c4)cc2C32c3ccccc3-c3ccccc32)cc1. The van der Waals surface area contributed by atoms with Crippen molar-refractivity contribution in [2.75, 3.05) is 0 Å². The van der Waals surface area contributed by atoms with Crippen LogP contribution in [0.1, 0.15) is 27.8 Å². The van der Waals surface area contributed by atoms with Crippen molar-refractivity contribution >= 4 is 21.8 Å². The van der Waals surface area contributed by atoms with E-state index in [1.54, 1.807) is 0 Å². The number of ether oxygens (including phenoxy) is 1. The molecule has 1 aliphatic carbocycles. The normalized spacial score (nSPS) is 13.2. The number of hydrogen-bond acceptors (Lipinski definition) is 3. The first-order chi connectivity index (χ1) is 26.2. The summed E-state index contributed by atoms with van der Waals surface area (Å²) >= 11 is 0. The van der Waals surface area contributed by atoms with E-state index in [0.29, 0.717) is 5.56 Å². The Kier molecular flexibility index (Phi) is 6.20. The number of para-hydroxylation sites is 3. The highest BCUT2D eigenvalue weighted by Gasteiger charge is 2.51. The van der Waals surface area contributed by atoms with E-state index in [1.165, 1.54) is 33.0 Å². The van der Waals surface area contributed by atoms with Crippen LogP contribution in [0, 0.1) is 11.3 Å². The molecule has 246 valence electrons. The number of benzene rings is 8. The van der Waals surface area contributed by atoms with Crippen molar-refractivity contribution in [3.63, 3.8) is 0 Å². The molecule has 1 aliphatic heterocycles. The first-order valence-corrected chi connectivity index (χ1v) is 17.9. The highest BCUT2D eigenvalue weighted by atomic mass is 16.5. The Morgan fingerprint density at radius 2 is 1.19 bits per heavy atom. The quantitative estimate of drug-likeness (QED) is 0.187. The standard InChI is InChI=1S/C49H29N3O/c50-30-31-20-22-33(23-21-31)37-14-9-17-42-47(37)53-46-27-25-35(29-43(46)49(42)40-15-5-3-12-38(40)39-13-4-6-16-41(39)49)48-51-44-18-7-8-19-45(44)52(48)36-26-24-32-10-1-2-11-34(32)28-36/h1-29H. The Morgan fingerprint density at radius 1 is 0.528 bits per heavy atom. The lowest BCUT2D eigenvalue weighted by molar-refractivity contribution is 0.438. The van der Waals surface area contributed by atoms with E-state index < -0.39 is 5.41 Å². The first kappa shape index (κ1) is 29.5. The van der Waals surface area contributed by atoms with Crippen molar-refractivity contribution in [1.82, 2.24) is 9.55 Å². The van der Waals surface area contributed by atoms with Gasteiger partial charge >= 0.3 is 0 Å². The summed E-state index contributed by atoms with van der Waals surface area (Å²) in [6.45, 7) is 0. The van der Waals surface area contributed by atoms with Gasteiger partial charge in [0.1, 0.15) is 17.3 Å². The minimum absolute atomic E-state index is 0.627. The van der Waals surface area contributed by atoms with Crippen LogP contribution in [0.2, 0.25) is 0 Å². The van der Waals surface area contributed by atoms with Crippen molar-refractivity contribution in [3.8, 4) is 56.9 Å². The van der Waals surface area contributed by atoms with Gasteiger partial charge < -0.3 is 4.74 Å². The van der Waals surface area contributed by atoms with Crippen molar-refractivity contribution in [2.45, 2.75) is 5.41 Å². The zero-order chi connectivity index (χ0) is 35.1. The number of hydrogen-bond donors (Lipinski definition) is 0. The highest BCUT2D eigenvalue weighted by molar-refractivity contribution is 5.92. The number of nitriles is 1. The maximum atomic E-state index is 9.51. The number of aromatic nitrogens is 2. The fraction of sp³-hybridized carbons (Fsp3) is 0.0204.